The molecule has 1 aromatic carbocycles. The minimum Gasteiger partial charge on any atom is -0.480 e. The quantitative estimate of drug-likeness (QED) is 0.862. The number of benzene rings is 1. The van der Waals surface area contributed by atoms with Gasteiger partial charge in [0.05, 0.1) is 0 Å². The number of aryl methyl sites for hydroxylation is 1. The molecule has 0 aromatic heterocycles. The first-order chi connectivity index (χ1) is 9.61. The van der Waals surface area contributed by atoms with Crippen LogP contribution in [0.5, 0.6) is 0 Å². The van der Waals surface area contributed by atoms with E-state index in [0.29, 0.717) is 12.1 Å². The fourth-order valence-corrected chi connectivity index (χ4v) is 2.48. The van der Waals surface area contributed by atoms with Crippen LogP contribution in [0.2, 0.25) is 0 Å². The molecular weight excluding hydrogens is 256 g/mol. The number of rotatable bonds is 5. The number of nitrogens with zero attached hydrogens (tertiary/aromatic N) is 1. The van der Waals surface area contributed by atoms with Crippen molar-refractivity contribution in [2.75, 3.05) is 25.0 Å². The van der Waals surface area contributed by atoms with Gasteiger partial charge in [-0.3, -0.25) is 9.59 Å². The van der Waals surface area contributed by atoms with Crippen LogP contribution < -0.4 is 5.32 Å². The Labute approximate surface area is 118 Å². The molecule has 5 heteroatoms. The normalized spacial score (nSPS) is 13.2. The molecule has 1 aliphatic rings. The maximum absolute atomic E-state index is 12.4. The van der Waals surface area contributed by atoms with E-state index in [1.165, 1.54) is 4.90 Å². The first-order valence-electron chi connectivity index (χ1n) is 6.99. The lowest BCUT2D eigenvalue weighted by Crippen LogP contribution is -2.36. The standard InChI is InChI=1S/C15H20N2O3/c1-2-8-17(10-14(18)19)15(20)12-5-6-13-11(9-12)4-3-7-16-13/h5-6,9,16H,2-4,7-8,10H2,1H3,(H,18,19). The third kappa shape index (κ3) is 3.29. The second kappa shape index (κ2) is 6.41. The molecule has 0 unspecified atom stereocenters. The first-order valence-corrected chi connectivity index (χ1v) is 6.99. The van der Waals surface area contributed by atoms with Crippen molar-refractivity contribution >= 4 is 17.6 Å². The lowest BCUT2D eigenvalue weighted by molar-refractivity contribution is -0.137. The number of carbonyl (C=O) groups is 2. The van der Waals surface area contributed by atoms with E-state index in [1.807, 2.05) is 19.1 Å². The Morgan fingerprint density at radius 2 is 2.20 bits per heavy atom. The molecule has 2 rings (SSSR count). The zero-order chi connectivity index (χ0) is 14.5. The highest BCUT2D eigenvalue weighted by atomic mass is 16.4. The largest absolute Gasteiger partial charge is 0.480 e. The summed E-state index contributed by atoms with van der Waals surface area (Å²) in [4.78, 5) is 24.6. The molecule has 108 valence electrons. The monoisotopic (exact) mass is 276 g/mol. The van der Waals surface area contributed by atoms with Crippen LogP contribution >= 0.6 is 0 Å². The van der Waals surface area contributed by atoms with Gasteiger partial charge in [-0.05, 0) is 43.0 Å². The van der Waals surface area contributed by atoms with Crippen LogP contribution in [0.3, 0.4) is 0 Å². The Kier molecular flexibility index (Phi) is 4.61. The van der Waals surface area contributed by atoms with Crippen molar-refractivity contribution in [2.45, 2.75) is 26.2 Å². The van der Waals surface area contributed by atoms with Crippen molar-refractivity contribution in [1.82, 2.24) is 4.90 Å². The number of carboxylic acids is 1. The molecule has 1 aromatic rings. The first kappa shape index (κ1) is 14.4. The topological polar surface area (TPSA) is 69.6 Å². The average Bonchev–Trinajstić information content (AvgIpc) is 2.45. The Hall–Kier alpha value is -2.04. The van der Waals surface area contributed by atoms with E-state index < -0.39 is 5.97 Å². The molecular formula is C15H20N2O3. The molecule has 0 saturated heterocycles. The number of amides is 1. The van der Waals surface area contributed by atoms with Gasteiger partial charge in [-0.2, -0.15) is 0 Å². The number of hydrogen-bond acceptors (Lipinski definition) is 3. The third-order valence-electron chi connectivity index (χ3n) is 3.40. The van der Waals surface area contributed by atoms with Gasteiger partial charge in [-0.1, -0.05) is 6.92 Å². The molecule has 0 bridgehead atoms. The van der Waals surface area contributed by atoms with Gasteiger partial charge in [0.1, 0.15) is 6.54 Å². The molecule has 2 N–H and O–H groups in total. The van der Waals surface area contributed by atoms with E-state index in [2.05, 4.69) is 5.32 Å². The van der Waals surface area contributed by atoms with Crippen LogP contribution in [0, 0.1) is 0 Å². The van der Waals surface area contributed by atoms with E-state index in [-0.39, 0.29) is 12.5 Å². The number of fused-ring (bicyclic) bond motifs is 1. The zero-order valence-electron chi connectivity index (χ0n) is 11.7. The molecule has 1 amide bonds. The number of aliphatic carboxylic acids is 1. The SMILES string of the molecule is CCCN(CC(=O)O)C(=O)c1ccc2c(c1)CCCN2. The van der Waals surface area contributed by atoms with Gasteiger partial charge in [0, 0.05) is 24.3 Å². The fourth-order valence-electron chi connectivity index (χ4n) is 2.48. The molecule has 0 saturated carbocycles. The average molecular weight is 276 g/mol. The van der Waals surface area contributed by atoms with Crippen molar-refractivity contribution in [3.8, 4) is 0 Å². The minimum absolute atomic E-state index is 0.206. The molecule has 0 fully saturated rings. The van der Waals surface area contributed by atoms with E-state index in [1.54, 1.807) is 6.07 Å². The van der Waals surface area contributed by atoms with Crippen molar-refractivity contribution in [3.63, 3.8) is 0 Å². The summed E-state index contributed by atoms with van der Waals surface area (Å²) in [5.41, 5.74) is 2.78. The lowest BCUT2D eigenvalue weighted by Gasteiger charge is -2.22. The van der Waals surface area contributed by atoms with Gasteiger partial charge in [-0.15, -0.1) is 0 Å². The van der Waals surface area contributed by atoms with E-state index in [0.717, 1.165) is 37.1 Å². The van der Waals surface area contributed by atoms with Crippen molar-refractivity contribution < 1.29 is 14.7 Å². The van der Waals surface area contributed by atoms with Crippen molar-refractivity contribution in [1.29, 1.82) is 0 Å². The Bertz CT molecular complexity index is 514. The second-order valence-corrected chi connectivity index (χ2v) is 5.02. The summed E-state index contributed by atoms with van der Waals surface area (Å²) in [5, 5.41) is 12.2. The predicted octanol–water partition coefficient (Wildman–Crippen LogP) is 1.98. The van der Waals surface area contributed by atoms with Gasteiger partial charge in [0.15, 0.2) is 0 Å². The third-order valence-corrected chi connectivity index (χ3v) is 3.40. The van der Waals surface area contributed by atoms with E-state index in [9.17, 15) is 9.59 Å². The van der Waals surface area contributed by atoms with Crippen LogP contribution in [0.1, 0.15) is 35.7 Å². The van der Waals surface area contributed by atoms with Crippen molar-refractivity contribution in [2.24, 2.45) is 0 Å². The van der Waals surface area contributed by atoms with Crippen LogP contribution in [0.25, 0.3) is 0 Å². The van der Waals surface area contributed by atoms with Crippen molar-refractivity contribution in [3.05, 3.63) is 29.3 Å². The Morgan fingerprint density at radius 1 is 1.40 bits per heavy atom. The van der Waals surface area contributed by atoms with Crippen LogP contribution in [-0.2, 0) is 11.2 Å². The number of hydrogen-bond donors (Lipinski definition) is 2. The Balaban J connectivity index is 2.20. The molecule has 5 nitrogen and oxygen atoms in total. The highest BCUT2D eigenvalue weighted by Crippen LogP contribution is 2.23. The molecule has 0 atom stereocenters. The van der Waals surface area contributed by atoms with Crippen LogP contribution in [0.15, 0.2) is 18.2 Å². The molecule has 0 aliphatic carbocycles. The van der Waals surface area contributed by atoms with Gasteiger partial charge < -0.3 is 15.3 Å². The number of anilines is 1. The summed E-state index contributed by atoms with van der Waals surface area (Å²) in [6.07, 6.45) is 2.75. The smallest absolute Gasteiger partial charge is 0.323 e. The summed E-state index contributed by atoms with van der Waals surface area (Å²) >= 11 is 0. The maximum Gasteiger partial charge on any atom is 0.323 e. The van der Waals surface area contributed by atoms with Gasteiger partial charge in [0.2, 0.25) is 0 Å². The predicted molar refractivity (Wildman–Crippen MR) is 77.1 cm³/mol. The number of nitrogens with one attached hydrogen (secondary N) is 1. The Morgan fingerprint density at radius 3 is 2.90 bits per heavy atom. The number of carbonyl (C=O) groups excluding carboxylic acids is 1. The zero-order valence-corrected chi connectivity index (χ0v) is 11.7. The highest BCUT2D eigenvalue weighted by Gasteiger charge is 2.19. The number of carboxylic acid groups (broad SMARTS) is 1. The van der Waals surface area contributed by atoms with Gasteiger partial charge in [0.25, 0.3) is 5.91 Å². The molecule has 1 heterocycles. The van der Waals surface area contributed by atoms with Crippen LogP contribution in [0.4, 0.5) is 5.69 Å². The molecule has 0 spiro atoms. The summed E-state index contributed by atoms with van der Waals surface area (Å²) in [6, 6.07) is 5.56. The summed E-state index contributed by atoms with van der Waals surface area (Å²) in [7, 11) is 0. The maximum atomic E-state index is 12.4. The highest BCUT2D eigenvalue weighted by molar-refractivity contribution is 5.96. The van der Waals surface area contributed by atoms with Gasteiger partial charge in [-0.25, -0.2) is 0 Å². The fraction of sp³-hybridized carbons (Fsp3) is 0.467. The second-order valence-electron chi connectivity index (χ2n) is 5.02. The van der Waals surface area contributed by atoms with Crippen LogP contribution in [-0.4, -0.2) is 41.5 Å². The lowest BCUT2D eigenvalue weighted by atomic mass is 10.0. The van der Waals surface area contributed by atoms with E-state index in [4.69, 9.17) is 5.11 Å². The summed E-state index contributed by atoms with van der Waals surface area (Å²) in [6.45, 7) is 3.10. The van der Waals surface area contributed by atoms with E-state index >= 15 is 0 Å². The summed E-state index contributed by atoms with van der Waals surface area (Å²) in [5.74, 6) is -1.19. The molecule has 1 aliphatic heterocycles. The molecule has 0 radical (unpaired) electrons. The molecule has 20 heavy (non-hydrogen) atoms. The van der Waals surface area contributed by atoms with Gasteiger partial charge >= 0.3 is 5.97 Å². The minimum atomic E-state index is -0.980. The summed E-state index contributed by atoms with van der Waals surface area (Å²) < 4.78 is 0.